The van der Waals surface area contributed by atoms with E-state index in [1.54, 1.807) is 6.07 Å². The predicted molar refractivity (Wildman–Crippen MR) is 66.4 cm³/mol. The van der Waals surface area contributed by atoms with Crippen molar-refractivity contribution in [2.45, 2.75) is 38.8 Å². The SMILES string of the molecule is Cc1ccc(F)cc1CNC1(C)CCOCC1. The Hall–Kier alpha value is -0.930. The van der Waals surface area contributed by atoms with Gasteiger partial charge in [-0.1, -0.05) is 6.07 Å². The lowest BCUT2D eigenvalue weighted by Gasteiger charge is -2.35. The minimum absolute atomic E-state index is 0.122. The van der Waals surface area contributed by atoms with Gasteiger partial charge in [0.2, 0.25) is 0 Å². The number of hydrogen-bond donors (Lipinski definition) is 1. The third kappa shape index (κ3) is 3.27. The number of aryl methyl sites for hydroxylation is 1. The van der Waals surface area contributed by atoms with Gasteiger partial charge in [0, 0.05) is 25.3 Å². The molecule has 1 N–H and O–H groups in total. The molecule has 1 saturated heterocycles. The third-order valence-corrected chi connectivity index (χ3v) is 3.61. The monoisotopic (exact) mass is 237 g/mol. The molecular weight excluding hydrogens is 217 g/mol. The molecule has 0 saturated carbocycles. The molecule has 1 aliphatic rings. The van der Waals surface area contributed by atoms with E-state index in [4.69, 9.17) is 4.74 Å². The second-order valence-corrected chi connectivity index (χ2v) is 5.10. The van der Waals surface area contributed by atoms with Gasteiger partial charge in [-0.25, -0.2) is 4.39 Å². The van der Waals surface area contributed by atoms with E-state index in [1.165, 1.54) is 6.07 Å². The first-order valence-corrected chi connectivity index (χ1v) is 6.17. The van der Waals surface area contributed by atoms with Crippen LogP contribution in [0.1, 0.15) is 30.9 Å². The van der Waals surface area contributed by atoms with E-state index in [2.05, 4.69) is 12.2 Å². The molecule has 0 bridgehead atoms. The standard InChI is InChI=1S/C14H20FNO/c1-11-3-4-13(15)9-12(11)10-16-14(2)5-7-17-8-6-14/h3-4,9,16H,5-8,10H2,1-2H3. The van der Waals surface area contributed by atoms with Crippen LogP contribution in [0, 0.1) is 12.7 Å². The van der Waals surface area contributed by atoms with Crippen LogP contribution in [-0.2, 0) is 11.3 Å². The van der Waals surface area contributed by atoms with Gasteiger partial charge in [0.15, 0.2) is 0 Å². The lowest BCUT2D eigenvalue weighted by molar-refractivity contribution is 0.0446. The van der Waals surface area contributed by atoms with Crippen molar-refractivity contribution < 1.29 is 9.13 Å². The Morgan fingerprint density at radius 1 is 1.35 bits per heavy atom. The zero-order valence-corrected chi connectivity index (χ0v) is 10.6. The van der Waals surface area contributed by atoms with Gasteiger partial charge in [0.05, 0.1) is 0 Å². The van der Waals surface area contributed by atoms with Gasteiger partial charge >= 0.3 is 0 Å². The molecule has 1 aromatic rings. The summed E-state index contributed by atoms with van der Waals surface area (Å²) in [5.74, 6) is -0.162. The summed E-state index contributed by atoms with van der Waals surface area (Å²) in [6.45, 7) is 6.57. The first-order valence-electron chi connectivity index (χ1n) is 6.17. The number of nitrogens with one attached hydrogen (secondary N) is 1. The van der Waals surface area contributed by atoms with E-state index >= 15 is 0 Å². The summed E-state index contributed by atoms with van der Waals surface area (Å²) < 4.78 is 18.5. The molecule has 0 spiro atoms. The second kappa shape index (κ2) is 5.15. The van der Waals surface area contributed by atoms with Crippen LogP contribution in [0.3, 0.4) is 0 Å². The van der Waals surface area contributed by atoms with Crippen LogP contribution >= 0.6 is 0 Å². The number of rotatable bonds is 3. The smallest absolute Gasteiger partial charge is 0.123 e. The van der Waals surface area contributed by atoms with Gasteiger partial charge in [-0.2, -0.15) is 0 Å². The summed E-state index contributed by atoms with van der Waals surface area (Å²) in [5.41, 5.74) is 2.30. The number of benzene rings is 1. The maximum atomic E-state index is 13.2. The van der Waals surface area contributed by atoms with Gasteiger partial charge in [-0.15, -0.1) is 0 Å². The maximum Gasteiger partial charge on any atom is 0.123 e. The van der Waals surface area contributed by atoms with Crippen molar-refractivity contribution in [1.82, 2.24) is 5.32 Å². The van der Waals surface area contributed by atoms with Gasteiger partial charge in [0.1, 0.15) is 5.82 Å². The van der Waals surface area contributed by atoms with E-state index in [1.807, 2.05) is 13.0 Å². The summed E-state index contributed by atoms with van der Waals surface area (Å²) in [6, 6.07) is 4.96. The molecule has 94 valence electrons. The molecule has 2 rings (SSSR count). The molecule has 1 aromatic carbocycles. The van der Waals surface area contributed by atoms with E-state index in [9.17, 15) is 4.39 Å². The molecule has 3 heteroatoms. The average Bonchev–Trinajstić information content (AvgIpc) is 2.31. The first kappa shape index (κ1) is 12.5. The normalized spacial score (nSPS) is 19.2. The quantitative estimate of drug-likeness (QED) is 0.872. The van der Waals surface area contributed by atoms with Crippen LogP contribution in [0.25, 0.3) is 0 Å². The molecule has 1 fully saturated rings. The average molecular weight is 237 g/mol. The molecule has 1 aliphatic heterocycles. The fraction of sp³-hybridized carbons (Fsp3) is 0.571. The highest BCUT2D eigenvalue weighted by Gasteiger charge is 2.26. The Morgan fingerprint density at radius 2 is 2.06 bits per heavy atom. The lowest BCUT2D eigenvalue weighted by atomic mass is 9.92. The molecule has 0 atom stereocenters. The largest absolute Gasteiger partial charge is 0.381 e. The minimum Gasteiger partial charge on any atom is -0.381 e. The number of ether oxygens (including phenoxy) is 1. The van der Waals surface area contributed by atoms with Crippen molar-refractivity contribution >= 4 is 0 Å². The van der Waals surface area contributed by atoms with Crippen molar-refractivity contribution in [1.29, 1.82) is 0 Å². The van der Waals surface area contributed by atoms with Gasteiger partial charge in [-0.05, 0) is 49.9 Å². The third-order valence-electron chi connectivity index (χ3n) is 3.61. The molecule has 0 radical (unpaired) electrons. The van der Waals surface area contributed by atoms with E-state index in [0.717, 1.165) is 43.7 Å². The molecule has 0 aromatic heterocycles. The highest BCUT2D eigenvalue weighted by molar-refractivity contribution is 5.26. The van der Waals surface area contributed by atoms with Crippen LogP contribution < -0.4 is 5.32 Å². The Morgan fingerprint density at radius 3 is 2.76 bits per heavy atom. The molecule has 0 amide bonds. The topological polar surface area (TPSA) is 21.3 Å². The van der Waals surface area contributed by atoms with Crippen molar-refractivity contribution in [3.8, 4) is 0 Å². The molecule has 0 aliphatic carbocycles. The highest BCUT2D eigenvalue weighted by Crippen LogP contribution is 2.21. The van der Waals surface area contributed by atoms with Crippen LogP contribution in [0.15, 0.2) is 18.2 Å². The van der Waals surface area contributed by atoms with Crippen LogP contribution in [-0.4, -0.2) is 18.8 Å². The summed E-state index contributed by atoms with van der Waals surface area (Å²) >= 11 is 0. The molecule has 0 unspecified atom stereocenters. The summed E-state index contributed by atoms with van der Waals surface area (Å²) in [5, 5.41) is 3.54. The summed E-state index contributed by atoms with van der Waals surface area (Å²) in [4.78, 5) is 0. The van der Waals surface area contributed by atoms with E-state index in [-0.39, 0.29) is 11.4 Å². The predicted octanol–water partition coefficient (Wildman–Crippen LogP) is 2.79. The van der Waals surface area contributed by atoms with Crippen molar-refractivity contribution in [2.75, 3.05) is 13.2 Å². The number of halogens is 1. The second-order valence-electron chi connectivity index (χ2n) is 5.10. The number of hydrogen-bond acceptors (Lipinski definition) is 2. The molecule has 1 heterocycles. The van der Waals surface area contributed by atoms with Crippen molar-refractivity contribution in [2.24, 2.45) is 0 Å². The van der Waals surface area contributed by atoms with E-state index < -0.39 is 0 Å². The fourth-order valence-corrected chi connectivity index (χ4v) is 2.14. The van der Waals surface area contributed by atoms with Crippen LogP contribution in [0.4, 0.5) is 4.39 Å². The van der Waals surface area contributed by atoms with E-state index in [0.29, 0.717) is 0 Å². The van der Waals surface area contributed by atoms with Crippen LogP contribution in [0.2, 0.25) is 0 Å². The summed E-state index contributed by atoms with van der Waals surface area (Å²) in [7, 11) is 0. The molecular formula is C14H20FNO. The van der Waals surface area contributed by atoms with Gasteiger partial charge < -0.3 is 10.1 Å². The Kier molecular flexibility index (Phi) is 3.79. The minimum atomic E-state index is -0.162. The highest BCUT2D eigenvalue weighted by atomic mass is 19.1. The van der Waals surface area contributed by atoms with Gasteiger partial charge in [-0.3, -0.25) is 0 Å². The first-order chi connectivity index (χ1) is 8.09. The fourth-order valence-electron chi connectivity index (χ4n) is 2.14. The Balaban J connectivity index is 1.99. The van der Waals surface area contributed by atoms with Crippen molar-refractivity contribution in [3.63, 3.8) is 0 Å². The zero-order chi connectivity index (χ0) is 12.3. The maximum absolute atomic E-state index is 13.2. The molecule has 17 heavy (non-hydrogen) atoms. The molecule has 2 nitrogen and oxygen atoms in total. The Labute approximate surface area is 102 Å². The zero-order valence-electron chi connectivity index (χ0n) is 10.6. The van der Waals surface area contributed by atoms with Crippen LogP contribution in [0.5, 0.6) is 0 Å². The summed E-state index contributed by atoms with van der Waals surface area (Å²) in [6.07, 6.45) is 2.03. The van der Waals surface area contributed by atoms with Gasteiger partial charge in [0.25, 0.3) is 0 Å². The lowest BCUT2D eigenvalue weighted by Crippen LogP contribution is -2.46. The Bertz CT molecular complexity index is 386. The van der Waals surface area contributed by atoms with Crippen molar-refractivity contribution in [3.05, 3.63) is 35.1 Å².